The molecule has 0 spiro atoms. The summed E-state index contributed by atoms with van der Waals surface area (Å²) in [5.74, 6) is 1.05. The molecule has 1 N–H and O–H groups in total. The van der Waals surface area contributed by atoms with E-state index in [1.54, 1.807) is 29.7 Å². The zero-order chi connectivity index (χ0) is 15.3. The zero-order valence-corrected chi connectivity index (χ0v) is 13.6. The van der Waals surface area contributed by atoms with Gasteiger partial charge in [-0.15, -0.1) is 0 Å². The van der Waals surface area contributed by atoms with Crippen LogP contribution in [0.1, 0.15) is 25.5 Å². The summed E-state index contributed by atoms with van der Waals surface area (Å²) >= 11 is 0. The number of nitrogens with one attached hydrogen (secondary N) is 1. The normalized spacial score (nSPS) is 21.0. The highest BCUT2D eigenvalue weighted by Crippen LogP contribution is 2.21. The van der Waals surface area contributed by atoms with Gasteiger partial charge in [0.2, 0.25) is 0 Å². The zero-order valence-electron chi connectivity index (χ0n) is 12.8. The molecule has 6 nitrogen and oxygen atoms in total. The molecular weight excluding hydrogens is 290 g/mol. The van der Waals surface area contributed by atoms with E-state index in [4.69, 9.17) is 4.42 Å². The van der Waals surface area contributed by atoms with Crippen molar-refractivity contribution in [3.8, 4) is 0 Å². The third kappa shape index (κ3) is 4.29. The summed E-state index contributed by atoms with van der Waals surface area (Å²) in [5.41, 5.74) is 0. The van der Waals surface area contributed by atoms with Crippen molar-refractivity contribution in [2.24, 2.45) is 5.92 Å². The molecule has 120 valence electrons. The van der Waals surface area contributed by atoms with Crippen LogP contribution < -0.4 is 5.32 Å². The first-order chi connectivity index (χ1) is 10.0. The fraction of sp³-hybridized carbons (Fsp3) is 0.714. The van der Waals surface area contributed by atoms with Crippen LogP contribution in [0.3, 0.4) is 0 Å². The molecule has 2 rings (SSSR count). The van der Waals surface area contributed by atoms with E-state index < -0.39 is 10.2 Å². The van der Waals surface area contributed by atoms with E-state index in [0.717, 1.165) is 25.9 Å². The van der Waals surface area contributed by atoms with E-state index in [9.17, 15) is 8.42 Å². The van der Waals surface area contributed by atoms with Crippen LogP contribution >= 0.6 is 0 Å². The van der Waals surface area contributed by atoms with Gasteiger partial charge in [-0.2, -0.15) is 17.0 Å². The first-order valence-corrected chi connectivity index (χ1v) is 8.88. The third-order valence-corrected chi connectivity index (χ3v) is 5.74. The highest BCUT2D eigenvalue weighted by Gasteiger charge is 2.31. The standard InChI is InChI=1S/C14H25N3O3S/c1-3-15-10-13-6-4-8-17(11-13)21(18,19)16(2)12-14-7-5-9-20-14/h5,7,9,13,15H,3-4,6,8,10-12H2,1-2H3. The molecule has 1 saturated heterocycles. The first-order valence-electron chi connectivity index (χ1n) is 7.48. The van der Waals surface area contributed by atoms with Gasteiger partial charge in [0.05, 0.1) is 12.8 Å². The average molecular weight is 315 g/mol. The summed E-state index contributed by atoms with van der Waals surface area (Å²) in [7, 11) is -1.81. The maximum absolute atomic E-state index is 12.6. The van der Waals surface area contributed by atoms with Gasteiger partial charge in [0.15, 0.2) is 0 Å². The Balaban J connectivity index is 1.97. The lowest BCUT2D eigenvalue weighted by Gasteiger charge is -2.34. The highest BCUT2D eigenvalue weighted by molar-refractivity contribution is 7.86. The van der Waals surface area contributed by atoms with Gasteiger partial charge in [0, 0.05) is 20.1 Å². The van der Waals surface area contributed by atoms with Crippen LogP contribution in [0.4, 0.5) is 0 Å². The second-order valence-electron chi connectivity index (χ2n) is 5.52. The minimum Gasteiger partial charge on any atom is -0.468 e. The van der Waals surface area contributed by atoms with Crippen LogP contribution in [0.15, 0.2) is 22.8 Å². The van der Waals surface area contributed by atoms with E-state index in [0.29, 0.717) is 24.8 Å². The van der Waals surface area contributed by atoms with Crippen molar-refractivity contribution in [3.05, 3.63) is 24.2 Å². The molecule has 1 unspecified atom stereocenters. The lowest BCUT2D eigenvalue weighted by Crippen LogP contribution is -2.47. The van der Waals surface area contributed by atoms with Crippen LogP contribution in [0, 0.1) is 5.92 Å². The minimum absolute atomic E-state index is 0.268. The Labute approximate surface area is 127 Å². The number of hydrogen-bond donors (Lipinski definition) is 1. The van der Waals surface area contributed by atoms with Crippen LogP contribution in [-0.4, -0.2) is 50.3 Å². The lowest BCUT2D eigenvalue weighted by molar-refractivity contribution is 0.244. The molecule has 0 aliphatic carbocycles. The minimum atomic E-state index is -3.42. The van der Waals surface area contributed by atoms with E-state index >= 15 is 0 Å². The molecule has 0 bridgehead atoms. The Hall–Kier alpha value is -0.890. The van der Waals surface area contributed by atoms with Crippen LogP contribution in [0.2, 0.25) is 0 Å². The summed E-state index contributed by atoms with van der Waals surface area (Å²) in [6.45, 7) is 5.33. The van der Waals surface area contributed by atoms with Gasteiger partial charge in [0.1, 0.15) is 5.76 Å². The van der Waals surface area contributed by atoms with Gasteiger partial charge in [-0.25, -0.2) is 0 Å². The Morgan fingerprint density at radius 2 is 2.33 bits per heavy atom. The SMILES string of the molecule is CCNCC1CCCN(S(=O)(=O)N(C)Cc2ccco2)C1. The van der Waals surface area contributed by atoms with Gasteiger partial charge in [0.25, 0.3) is 10.2 Å². The van der Waals surface area contributed by atoms with Crippen LogP contribution in [0.25, 0.3) is 0 Å². The summed E-state index contributed by atoms with van der Waals surface area (Å²) < 4.78 is 33.4. The van der Waals surface area contributed by atoms with Crippen molar-refractivity contribution in [1.29, 1.82) is 0 Å². The topological polar surface area (TPSA) is 65.8 Å². The molecule has 1 aliphatic heterocycles. The molecule has 0 radical (unpaired) electrons. The van der Waals surface area contributed by atoms with E-state index in [1.807, 2.05) is 0 Å². The van der Waals surface area contributed by atoms with Crippen LogP contribution in [0.5, 0.6) is 0 Å². The lowest BCUT2D eigenvalue weighted by atomic mass is 10.00. The van der Waals surface area contributed by atoms with Gasteiger partial charge in [-0.1, -0.05) is 6.92 Å². The Kier molecular flexibility index (Phi) is 5.80. The number of hydrogen-bond acceptors (Lipinski definition) is 4. The molecule has 0 saturated carbocycles. The second-order valence-corrected chi connectivity index (χ2v) is 7.55. The Morgan fingerprint density at radius 3 is 3.00 bits per heavy atom. The van der Waals surface area contributed by atoms with E-state index in [-0.39, 0.29) is 6.54 Å². The predicted molar refractivity (Wildman–Crippen MR) is 81.9 cm³/mol. The van der Waals surface area contributed by atoms with Gasteiger partial charge in [-0.3, -0.25) is 0 Å². The molecular formula is C14H25N3O3S. The van der Waals surface area contributed by atoms with Gasteiger partial charge >= 0.3 is 0 Å². The molecule has 2 heterocycles. The predicted octanol–water partition coefficient (Wildman–Crippen LogP) is 1.28. The van der Waals surface area contributed by atoms with Gasteiger partial charge < -0.3 is 9.73 Å². The van der Waals surface area contributed by atoms with E-state index in [2.05, 4.69) is 12.2 Å². The van der Waals surface area contributed by atoms with Crippen molar-refractivity contribution in [2.45, 2.75) is 26.3 Å². The average Bonchev–Trinajstić information content (AvgIpc) is 2.98. The first kappa shape index (κ1) is 16.5. The monoisotopic (exact) mass is 315 g/mol. The maximum Gasteiger partial charge on any atom is 0.282 e. The largest absolute Gasteiger partial charge is 0.468 e. The summed E-state index contributed by atoms with van der Waals surface area (Å²) in [5, 5.41) is 3.31. The maximum atomic E-state index is 12.6. The molecule has 1 atom stereocenters. The number of rotatable bonds is 7. The quantitative estimate of drug-likeness (QED) is 0.823. The highest BCUT2D eigenvalue weighted by atomic mass is 32.2. The molecule has 1 aromatic heterocycles. The summed E-state index contributed by atoms with van der Waals surface area (Å²) in [6.07, 6.45) is 3.56. The van der Waals surface area contributed by atoms with Crippen LogP contribution in [-0.2, 0) is 16.8 Å². The fourth-order valence-electron chi connectivity index (χ4n) is 2.65. The molecule has 21 heavy (non-hydrogen) atoms. The number of furan rings is 1. The molecule has 1 aromatic rings. The second kappa shape index (κ2) is 7.40. The van der Waals surface area contributed by atoms with Crippen molar-refractivity contribution >= 4 is 10.2 Å². The molecule has 0 aromatic carbocycles. The third-order valence-electron chi connectivity index (χ3n) is 3.84. The fourth-order valence-corrected chi connectivity index (χ4v) is 4.10. The molecule has 1 fully saturated rings. The number of piperidine rings is 1. The van der Waals surface area contributed by atoms with Crippen molar-refractivity contribution in [3.63, 3.8) is 0 Å². The van der Waals surface area contributed by atoms with Gasteiger partial charge in [-0.05, 0) is 44.0 Å². The molecule has 7 heteroatoms. The van der Waals surface area contributed by atoms with Crippen molar-refractivity contribution in [1.82, 2.24) is 13.9 Å². The summed E-state index contributed by atoms with van der Waals surface area (Å²) in [4.78, 5) is 0. The number of nitrogens with zero attached hydrogens (tertiary/aromatic N) is 2. The van der Waals surface area contributed by atoms with E-state index in [1.165, 1.54) is 4.31 Å². The smallest absolute Gasteiger partial charge is 0.282 e. The van der Waals surface area contributed by atoms with Crippen molar-refractivity contribution in [2.75, 3.05) is 33.2 Å². The molecule has 1 aliphatic rings. The Bertz CT molecular complexity index is 516. The molecule has 0 amide bonds. The Morgan fingerprint density at radius 1 is 1.52 bits per heavy atom. The summed E-state index contributed by atoms with van der Waals surface area (Å²) in [6, 6.07) is 3.55. The van der Waals surface area contributed by atoms with Crippen molar-refractivity contribution < 1.29 is 12.8 Å².